The van der Waals surface area contributed by atoms with Crippen molar-refractivity contribution in [3.8, 4) is 0 Å². The third-order valence-corrected chi connectivity index (χ3v) is 16.9. The predicted octanol–water partition coefficient (Wildman–Crippen LogP) is 9.45. The second-order valence-electron chi connectivity index (χ2n) is 15.8. The third kappa shape index (κ3) is 4.99. The van der Waals surface area contributed by atoms with Gasteiger partial charge in [-0.3, -0.25) is 0 Å². The van der Waals surface area contributed by atoms with Crippen molar-refractivity contribution in [2.45, 2.75) is 149 Å². The summed E-state index contributed by atoms with van der Waals surface area (Å²) in [4.78, 5) is 0. The molecule has 0 aromatic rings. The molecular weight excluding hydrogens is 456 g/mol. The van der Waals surface area contributed by atoms with Crippen LogP contribution in [0.5, 0.6) is 0 Å². The van der Waals surface area contributed by atoms with E-state index in [4.69, 9.17) is 4.43 Å². The molecule has 36 heavy (non-hydrogen) atoms. The molecule has 3 saturated carbocycles. The summed E-state index contributed by atoms with van der Waals surface area (Å²) in [6.07, 6.45) is 16.2. The van der Waals surface area contributed by atoms with Gasteiger partial charge in [0.2, 0.25) is 0 Å². The second kappa shape index (κ2) is 9.67. The zero-order valence-corrected chi connectivity index (χ0v) is 26.3. The minimum atomic E-state index is -1.73. The second-order valence-corrected chi connectivity index (χ2v) is 20.6. The number of aliphatic hydroxyl groups is 1. The van der Waals surface area contributed by atoms with Gasteiger partial charge in [-0.2, -0.15) is 0 Å². The van der Waals surface area contributed by atoms with E-state index in [0.29, 0.717) is 17.4 Å². The molecule has 0 heterocycles. The van der Waals surface area contributed by atoms with Crippen LogP contribution in [0.15, 0.2) is 23.8 Å². The molecule has 1 unspecified atom stereocenters. The molecule has 0 aromatic heterocycles. The van der Waals surface area contributed by atoms with E-state index < -0.39 is 13.9 Å². The van der Waals surface area contributed by atoms with Gasteiger partial charge >= 0.3 is 0 Å². The molecule has 1 N–H and O–H groups in total. The number of hydrogen-bond acceptors (Lipinski definition) is 2. The highest BCUT2D eigenvalue weighted by molar-refractivity contribution is 6.74. The molecule has 3 fully saturated rings. The van der Waals surface area contributed by atoms with Gasteiger partial charge < -0.3 is 9.53 Å². The molecule has 0 bridgehead atoms. The van der Waals surface area contributed by atoms with Gasteiger partial charge in [0.05, 0.1) is 5.60 Å². The van der Waals surface area contributed by atoms with Crippen LogP contribution < -0.4 is 0 Å². The Bertz CT molecular complexity index is 863. The van der Waals surface area contributed by atoms with Gasteiger partial charge in [0.25, 0.3) is 0 Å². The van der Waals surface area contributed by atoms with E-state index in [0.717, 1.165) is 43.4 Å². The molecule has 0 saturated heterocycles. The first-order valence-electron chi connectivity index (χ1n) is 15.3. The predicted molar refractivity (Wildman–Crippen MR) is 157 cm³/mol. The lowest BCUT2D eigenvalue weighted by Gasteiger charge is -2.59. The van der Waals surface area contributed by atoms with Crippen LogP contribution in [0.1, 0.15) is 119 Å². The fraction of sp³-hybridized carbons (Fsp3) is 0.879. The molecule has 0 aliphatic heterocycles. The van der Waals surface area contributed by atoms with Crippen molar-refractivity contribution in [3.05, 3.63) is 23.8 Å². The normalized spacial score (nSPS) is 40.5. The quantitative estimate of drug-likeness (QED) is 0.271. The summed E-state index contributed by atoms with van der Waals surface area (Å²) >= 11 is 0. The Morgan fingerprint density at radius 1 is 1.08 bits per heavy atom. The van der Waals surface area contributed by atoms with E-state index in [1.165, 1.54) is 50.5 Å². The number of rotatable bonds is 7. The Hall–Kier alpha value is -0.383. The Labute approximate surface area is 224 Å². The minimum absolute atomic E-state index is 0.276. The molecule has 8 atom stereocenters. The first-order chi connectivity index (χ1) is 16.5. The molecule has 0 radical (unpaired) electrons. The van der Waals surface area contributed by atoms with E-state index in [1.54, 1.807) is 5.57 Å². The average Bonchev–Trinajstić information content (AvgIpc) is 3.11. The fourth-order valence-corrected chi connectivity index (χ4v) is 10.7. The van der Waals surface area contributed by atoms with Crippen molar-refractivity contribution in [3.63, 3.8) is 0 Å². The maximum atomic E-state index is 11.7. The summed E-state index contributed by atoms with van der Waals surface area (Å²) in [5.41, 5.74) is 3.07. The zero-order valence-electron chi connectivity index (χ0n) is 25.3. The summed E-state index contributed by atoms with van der Waals surface area (Å²) in [7, 11) is -1.73. The molecule has 3 heteroatoms. The molecular formula is C33H58O2Si. The third-order valence-electron chi connectivity index (χ3n) is 12.4. The minimum Gasteiger partial charge on any atom is -0.414 e. The van der Waals surface area contributed by atoms with Gasteiger partial charge in [-0.25, -0.2) is 0 Å². The van der Waals surface area contributed by atoms with Crippen molar-refractivity contribution < 1.29 is 9.53 Å². The lowest BCUT2D eigenvalue weighted by atomic mass is 9.46. The van der Waals surface area contributed by atoms with Gasteiger partial charge in [-0.1, -0.05) is 51.8 Å². The maximum Gasteiger partial charge on any atom is 0.192 e. The Kier molecular flexibility index (Phi) is 7.68. The molecule has 206 valence electrons. The fourth-order valence-electron chi connectivity index (χ4n) is 9.27. The van der Waals surface area contributed by atoms with Crippen molar-refractivity contribution in [1.82, 2.24) is 0 Å². The van der Waals surface area contributed by atoms with Crippen LogP contribution in [-0.4, -0.2) is 25.1 Å². The van der Waals surface area contributed by atoms with Crippen molar-refractivity contribution in [1.29, 1.82) is 0 Å². The first kappa shape index (κ1) is 28.6. The Balaban J connectivity index is 1.48. The van der Waals surface area contributed by atoms with Crippen LogP contribution in [0.3, 0.4) is 0 Å². The average molecular weight is 515 g/mol. The van der Waals surface area contributed by atoms with E-state index in [1.807, 2.05) is 0 Å². The molecule has 4 rings (SSSR count). The van der Waals surface area contributed by atoms with Crippen molar-refractivity contribution >= 4 is 8.32 Å². The number of fused-ring (bicyclic) bond motifs is 5. The highest BCUT2D eigenvalue weighted by Gasteiger charge is 2.61. The molecule has 4 aliphatic rings. The summed E-state index contributed by atoms with van der Waals surface area (Å²) < 4.78 is 6.92. The van der Waals surface area contributed by atoms with Crippen LogP contribution >= 0.6 is 0 Å². The SMILES string of the molecule is C=C(C)CCCC(C)(O)[C@H]1CC[C@H]2[C@@H]3CC=C4C[C@@H](O[Si](C)(C)C(C)(C)C)CC[C@]4(C)[C@H]3CC[C@]12C. The number of allylic oxidation sites excluding steroid dienone is 2. The van der Waals surface area contributed by atoms with E-state index in [-0.39, 0.29) is 10.5 Å². The first-order valence-corrected chi connectivity index (χ1v) is 18.2. The van der Waals surface area contributed by atoms with Gasteiger partial charge in [0, 0.05) is 6.10 Å². The molecule has 2 nitrogen and oxygen atoms in total. The van der Waals surface area contributed by atoms with Crippen molar-refractivity contribution in [2.24, 2.45) is 34.5 Å². The maximum absolute atomic E-state index is 11.7. The topological polar surface area (TPSA) is 29.5 Å². The van der Waals surface area contributed by atoms with Crippen LogP contribution in [0.2, 0.25) is 18.1 Å². The Morgan fingerprint density at radius 2 is 1.78 bits per heavy atom. The highest BCUT2D eigenvalue weighted by Crippen LogP contribution is 2.68. The molecule has 0 spiro atoms. The van der Waals surface area contributed by atoms with Gasteiger partial charge in [0.15, 0.2) is 8.32 Å². The summed E-state index contributed by atoms with van der Waals surface area (Å²) in [6.45, 7) is 25.4. The molecule has 4 aliphatic carbocycles. The summed E-state index contributed by atoms with van der Waals surface area (Å²) in [6, 6.07) is 0. The standard InChI is InChI=1S/C33H58O2Si/c1-23(2)12-11-19-33(8,34)29-16-15-27-26-14-13-24-22-25(35-36(9,10)30(3,4)5)17-20-31(24,6)28(26)18-21-32(27,29)7/h13,25-29,34H,1,11-12,14-22H2,2-10H3/t25-,26-,27-,28-,29-,31-,32-,33?/m0/s1. The molecule has 0 amide bonds. The van der Waals surface area contributed by atoms with E-state index in [2.05, 4.69) is 74.2 Å². The van der Waals surface area contributed by atoms with Crippen molar-refractivity contribution in [2.75, 3.05) is 0 Å². The van der Waals surface area contributed by atoms with Gasteiger partial charge in [-0.15, -0.1) is 6.58 Å². The van der Waals surface area contributed by atoms with E-state index >= 15 is 0 Å². The Morgan fingerprint density at radius 3 is 2.42 bits per heavy atom. The summed E-state index contributed by atoms with van der Waals surface area (Å²) in [5.74, 6) is 2.82. The monoisotopic (exact) mass is 514 g/mol. The van der Waals surface area contributed by atoms with E-state index in [9.17, 15) is 5.11 Å². The van der Waals surface area contributed by atoms with Crippen LogP contribution in [0, 0.1) is 34.5 Å². The highest BCUT2D eigenvalue weighted by atomic mass is 28.4. The molecule has 0 aromatic carbocycles. The largest absolute Gasteiger partial charge is 0.414 e. The zero-order chi connectivity index (χ0) is 26.7. The van der Waals surface area contributed by atoms with Gasteiger partial charge in [-0.05, 0) is 137 Å². The smallest absolute Gasteiger partial charge is 0.192 e. The lowest BCUT2D eigenvalue weighted by molar-refractivity contribution is -0.105. The van der Waals surface area contributed by atoms with Gasteiger partial charge in [0.1, 0.15) is 0 Å². The lowest BCUT2D eigenvalue weighted by Crippen LogP contribution is -2.53. The van der Waals surface area contributed by atoms with Crippen LogP contribution in [0.4, 0.5) is 0 Å². The summed E-state index contributed by atoms with van der Waals surface area (Å²) in [5, 5.41) is 12.0. The number of hydrogen-bond donors (Lipinski definition) is 1. The van der Waals surface area contributed by atoms with Crippen LogP contribution in [0.25, 0.3) is 0 Å². The van der Waals surface area contributed by atoms with Crippen LogP contribution in [-0.2, 0) is 4.43 Å².